The average molecular weight is 260 g/mol. The van der Waals surface area contributed by atoms with Gasteiger partial charge in [0.2, 0.25) is 0 Å². The van der Waals surface area contributed by atoms with Gasteiger partial charge in [-0.15, -0.1) is 0 Å². The minimum absolute atomic E-state index is 0.333. The normalized spacial score (nSPS) is 10.4. The number of rotatable bonds is 5. The van der Waals surface area contributed by atoms with Crippen molar-refractivity contribution in [1.82, 2.24) is 9.78 Å². The zero-order valence-electron chi connectivity index (χ0n) is 10.7. The molecule has 0 fully saturated rings. The molecule has 2 rings (SSSR count). The summed E-state index contributed by atoms with van der Waals surface area (Å²) >= 11 is 0. The van der Waals surface area contributed by atoms with Crippen molar-refractivity contribution < 1.29 is 9.53 Å². The van der Waals surface area contributed by atoms with E-state index in [0.29, 0.717) is 29.3 Å². The van der Waals surface area contributed by atoms with Crippen molar-refractivity contribution in [3.63, 3.8) is 0 Å². The Morgan fingerprint density at radius 1 is 1.47 bits per heavy atom. The molecule has 1 amide bonds. The van der Waals surface area contributed by atoms with Gasteiger partial charge in [0.25, 0.3) is 5.91 Å². The Morgan fingerprint density at radius 2 is 2.26 bits per heavy atom. The molecule has 1 aromatic carbocycles. The fourth-order valence-electron chi connectivity index (χ4n) is 1.65. The van der Waals surface area contributed by atoms with Crippen LogP contribution in [0.4, 0.5) is 5.69 Å². The highest BCUT2D eigenvalue weighted by molar-refractivity contribution is 5.92. The number of para-hydroxylation sites is 1. The van der Waals surface area contributed by atoms with E-state index >= 15 is 0 Å². The molecule has 0 radical (unpaired) electrons. The number of ether oxygens (including phenoxy) is 1. The lowest BCUT2D eigenvalue weighted by atomic mass is 10.2. The van der Waals surface area contributed by atoms with Crippen molar-refractivity contribution in [2.45, 2.75) is 13.3 Å². The van der Waals surface area contributed by atoms with Gasteiger partial charge < -0.3 is 16.2 Å². The van der Waals surface area contributed by atoms with Gasteiger partial charge in [-0.25, -0.2) is 4.68 Å². The van der Waals surface area contributed by atoms with Crippen LogP contribution < -0.4 is 16.2 Å². The van der Waals surface area contributed by atoms with Crippen molar-refractivity contribution in [2.24, 2.45) is 5.73 Å². The maximum atomic E-state index is 11.1. The minimum atomic E-state index is -0.525. The molecule has 0 saturated heterocycles. The number of hydrogen-bond donors (Lipinski definition) is 2. The van der Waals surface area contributed by atoms with Gasteiger partial charge in [0.05, 0.1) is 24.1 Å². The SMILES string of the molecule is CCCOc1cccc(-n2cc(C(N)=O)cn2)c1N. The van der Waals surface area contributed by atoms with Crippen LogP contribution in [0.2, 0.25) is 0 Å². The number of primary amides is 1. The summed E-state index contributed by atoms with van der Waals surface area (Å²) in [5.41, 5.74) is 12.7. The third kappa shape index (κ3) is 2.67. The fraction of sp³-hybridized carbons (Fsp3) is 0.231. The van der Waals surface area contributed by atoms with Crippen molar-refractivity contribution in [2.75, 3.05) is 12.3 Å². The highest BCUT2D eigenvalue weighted by Crippen LogP contribution is 2.28. The maximum Gasteiger partial charge on any atom is 0.251 e. The summed E-state index contributed by atoms with van der Waals surface area (Å²) < 4.78 is 7.05. The predicted molar refractivity (Wildman–Crippen MR) is 72.3 cm³/mol. The number of hydrogen-bond acceptors (Lipinski definition) is 4. The zero-order chi connectivity index (χ0) is 13.8. The quantitative estimate of drug-likeness (QED) is 0.793. The van der Waals surface area contributed by atoms with Crippen LogP contribution in [-0.4, -0.2) is 22.3 Å². The third-order valence-electron chi connectivity index (χ3n) is 2.62. The monoisotopic (exact) mass is 260 g/mol. The largest absolute Gasteiger partial charge is 0.491 e. The number of carbonyl (C=O) groups excluding carboxylic acids is 1. The van der Waals surface area contributed by atoms with Crippen LogP contribution in [0, 0.1) is 0 Å². The number of nitrogens with zero attached hydrogens (tertiary/aromatic N) is 2. The first-order valence-corrected chi connectivity index (χ1v) is 5.99. The van der Waals surface area contributed by atoms with E-state index in [1.165, 1.54) is 17.1 Å². The van der Waals surface area contributed by atoms with Gasteiger partial charge in [0.1, 0.15) is 11.4 Å². The molecule has 1 heterocycles. The summed E-state index contributed by atoms with van der Waals surface area (Å²) in [7, 11) is 0. The standard InChI is InChI=1S/C13H16N4O2/c1-2-6-19-11-5-3-4-10(12(11)14)17-8-9(7-16-17)13(15)18/h3-5,7-8H,2,6,14H2,1H3,(H2,15,18). The molecule has 100 valence electrons. The van der Waals surface area contributed by atoms with Crippen LogP contribution >= 0.6 is 0 Å². The Hall–Kier alpha value is -2.50. The fourth-order valence-corrected chi connectivity index (χ4v) is 1.65. The van der Waals surface area contributed by atoms with E-state index in [4.69, 9.17) is 16.2 Å². The molecular formula is C13H16N4O2. The summed E-state index contributed by atoms with van der Waals surface area (Å²) in [5, 5.41) is 4.07. The Kier molecular flexibility index (Phi) is 3.70. The van der Waals surface area contributed by atoms with E-state index in [0.717, 1.165) is 6.42 Å². The van der Waals surface area contributed by atoms with Gasteiger partial charge in [-0.3, -0.25) is 4.79 Å². The zero-order valence-corrected chi connectivity index (χ0v) is 10.7. The van der Waals surface area contributed by atoms with Gasteiger partial charge in [0.15, 0.2) is 0 Å². The molecule has 0 bridgehead atoms. The summed E-state index contributed by atoms with van der Waals surface area (Å²) in [6.07, 6.45) is 3.84. The Balaban J connectivity index is 2.35. The summed E-state index contributed by atoms with van der Waals surface area (Å²) in [4.78, 5) is 11.1. The average Bonchev–Trinajstić information content (AvgIpc) is 2.87. The van der Waals surface area contributed by atoms with Gasteiger partial charge in [0, 0.05) is 6.20 Å². The topological polar surface area (TPSA) is 96.2 Å². The lowest BCUT2D eigenvalue weighted by Crippen LogP contribution is -2.09. The highest BCUT2D eigenvalue weighted by atomic mass is 16.5. The first kappa shape index (κ1) is 12.9. The van der Waals surface area contributed by atoms with E-state index in [2.05, 4.69) is 5.10 Å². The molecule has 0 atom stereocenters. The number of amides is 1. The van der Waals surface area contributed by atoms with Crippen molar-refractivity contribution in [3.05, 3.63) is 36.2 Å². The molecule has 6 heteroatoms. The van der Waals surface area contributed by atoms with Gasteiger partial charge in [-0.05, 0) is 18.6 Å². The van der Waals surface area contributed by atoms with Crippen LogP contribution in [-0.2, 0) is 0 Å². The van der Waals surface area contributed by atoms with E-state index in [9.17, 15) is 4.79 Å². The summed E-state index contributed by atoms with van der Waals surface area (Å²) in [6, 6.07) is 5.42. The van der Waals surface area contributed by atoms with E-state index < -0.39 is 5.91 Å². The van der Waals surface area contributed by atoms with Crippen molar-refractivity contribution in [1.29, 1.82) is 0 Å². The van der Waals surface area contributed by atoms with Crippen molar-refractivity contribution in [3.8, 4) is 11.4 Å². The number of carbonyl (C=O) groups is 1. The second-order valence-corrected chi connectivity index (χ2v) is 4.08. The molecule has 0 aliphatic rings. The molecule has 1 aromatic heterocycles. The lowest BCUT2D eigenvalue weighted by Gasteiger charge is -2.11. The summed E-state index contributed by atoms with van der Waals surface area (Å²) in [6.45, 7) is 2.62. The Morgan fingerprint density at radius 3 is 2.89 bits per heavy atom. The van der Waals surface area contributed by atoms with Gasteiger partial charge in [-0.1, -0.05) is 13.0 Å². The molecule has 2 aromatic rings. The number of benzene rings is 1. The molecular weight excluding hydrogens is 244 g/mol. The van der Waals surface area contributed by atoms with Gasteiger partial charge >= 0.3 is 0 Å². The van der Waals surface area contributed by atoms with Crippen LogP contribution in [0.15, 0.2) is 30.6 Å². The minimum Gasteiger partial charge on any atom is -0.491 e. The molecule has 4 N–H and O–H groups in total. The first-order chi connectivity index (χ1) is 9.13. The number of nitrogens with two attached hydrogens (primary N) is 2. The maximum absolute atomic E-state index is 11.1. The summed E-state index contributed by atoms with van der Waals surface area (Å²) in [5.74, 6) is 0.0821. The molecule has 0 aliphatic carbocycles. The Bertz CT molecular complexity index is 592. The molecule has 0 aliphatic heterocycles. The van der Waals surface area contributed by atoms with Crippen LogP contribution in [0.25, 0.3) is 5.69 Å². The molecule has 6 nitrogen and oxygen atoms in total. The van der Waals surface area contributed by atoms with Crippen molar-refractivity contribution >= 4 is 11.6 Å². The van der Waals surface area contributed by atoms with Crippen LogP contribution in [0.1, 0.15) is 23.7 Å². The van der Waals surface area contributed by atoms with E-state index in [-0.39, 0.29) is 0 Å². The molecule has 0 spiro atoms. The second-order valence-electron chi connectivity index (χ2n) is 4.08. The number of aromatic nitrogens is 2. The molecule has 0 unspecified atom stereocenters. The first-order valence-electron chi connectivity index (χ1n) is 5.99. The highest BCUT2D eigenvalue weighted by Gasteiger charge is 2.10. The number of nitrogen functional groups attached to an aromatic ring is 1. The second kappa shape index (κ2) is 5.43. The van der Waals surface area contributed by atoms with Crippen LogP contribution in [0.3, 0.4) is 0 Å². The number of anilines is 1. The smallest absolute Gasteiger partial charge is 0.251 e. The lowest BCUT2D eigenvalue weighted by molar-refractivity contribution is 0.100. The van der Waals surface area contributed by atoms with Crippen LogP contribution in [0.5, 0.6) is 5.75 Å². The van der Waals surface area contributed by atoms with Gasteiger partial charge in [-0.2, -0.15) is 5.10 Å². The predicted octanol–water partition coefficient (Wildman–Crippen LogP) is 1.34. The molecule has 0 saturated carbocycles. The third-order valence-corrected chi connectivity index (χ3v) is 2.62. The van der Waals surface area contributed by atoms with E-state index in [1.54, 1.807) is 12.1 Å². The van der Waals surface area contributed by atoms with E-state index in [1.807, 2.05) is 13.0 Å². The Labute approximate surface area is 111 Å². The molecule has 19 heavy (non-hydrogen) atoms.